The predicted octanol–water partition coefficient (Wildman–Crippen LogP) is 8.02. The number of hydrogen-bond acceptors (Lipinski definition) is 11. The Morgan fingerprint density at radius 2 is 1.63 bits per heavy atom. The number of fused-ring (bicyclic) bond motifs is 2. The van der Waals surface area contributed by atoms with Crippen molar-refractivity contribution >= 4 is 11.8 Å². The Morgan fingerprint density at radius 3 is 2.30 bits per heavy atom. The zero-order valence-electron chi connectivity index (χ0n) is 34.8. The number of benzene rings is 1. The van der Waals surface area contributed by atoms with Crippen LogP contribution in [-0.4, -0.2) is 109 Å². The van der Waals surface area contributed by atoms with Gasteiger partial charge in [0.2, 0.25) is 5.79 Å². The quantitative estimate of drug-likeness (QED) is 0.0355. The van der Waals surface area contributed by atoms with Gasteiger partial charge in [0, 0.05) is 37.7 Å². The molecule has 6 unspecified atom stereocenters. The Bertz CT molecular complexity index is 1400. The molecule has 1 aliphatic heterocycles. The molecule has 0 aromatic heterocycles. The zero-order chi connectivity index (χ0) is 40.9. The van der Waals surface area contributed by atoms with Gasteiger partial charge in [0.15, 0.2) is 0 Å². The van der Waals surface area contributed by atoms with Gasteiger partial charge in [-0.25, -0.2) is 4.79 Å². The van der Waals surface area contributed by atoms with Gasteiger partial charge in [-0.1, -0.05) is 94.9 Å². The molecular formula is C45H72N2O10. The first-order valence-corrected chi connectivity index (χ1v) is 21.8. The van der Waals surface area contributed by atoms with Crippen molar-refractivity contribution in [2.24, 2.45) is 22.9 Å². The minimum absolute atomic E-state index is 0.0484. The lowest BCUT2D eigenvalue weighted by Gasteiger charge is -2.59. The molecule has 12 nitrogen and oxygen atoms in total. The molecule has 12 heteroatoms. The summed E-state index contributed by atoms with van der Waals surface area (Å²) in [7, 11) is 1.52. The van der Waals surface area contributed by atoms with Crippen LogP contribution >= 0.6 is 0 Å². The minimum Gasteiger partial charge on any atom is -0.508 e. The Labute approximate surface area is 341 Å². The number of aliphatic hydroxyl groups is 3. The number of carbonyl (C=O) groups excluding carboxylic acids is 1. The maximum Gasteiger partial charge on any atom is 0.410 e. The van der Waals surface area contributed by atoms with Gasteiger partial charge in [-0.3, -0.25) is 4.90 Å². The summed E-state index contributed by atoms with van der Waals surface area (Å²) in [6.45, 7) is 7.09. The monoisotopic (exact) mass is 801 g/mol. The van der Waals surface area contributed by atoms with Crippen LogP contribution in [0.2, 0.25) is 0 Å². The van der Waals surface area contributed by atoms with Crippen molar-refractivity contribution in [1.82, 2.24) is 4.90 Å². The number of aromatic hydroxyl groups is 1. The molecule has 0 radical (unpaired) electrons. The minimum atomic E-state index is -1.43. The van der Waals surface area contributed by atoms with Gasteiger partial charge in [0.1, 0.15) is 24.7 Å². The molecule has 1 amide bonds. The lowest BCUT2D eigenvalue weighted by Crippen LogP contribution is -2.70. The van der Waals surface area contributed by atoms with Gasteiger partial charge >= 0.3 is 6.09 Å². The summed E-state index contributed by atoms with van der Waals surface area (Å²) < 4.78 is 25.8. The second-order valence-electron chi connectivity index (χ2n) is 15.8. The molecule has 6 atom stereocenters. The van der Waals surface area contributed by atoms with Gasteiger partial charge < -0.3 is 44.2 Å². The smallest absolute Gasteiger partial charge is 0.410 e. The fourth-order valence-corrected chi connectivity index (χ4v) is 9.30. The Kier molecular flexibility index (Phi) is 20.7. The lowest BCUT2D eigenvalue weighted by molar-refractivity contribution is -0.256. The second kappa shape index (κ2) is 25.4. The number of phenols is 1. The third-order valence-corrected chi connectivity index (χ3v) is 11.9. The number of amides is 1. The molecule has 57 heavy (non-hydrogen) atoms. The highest BCUT2D eigenvalue weighted by Gasteiger charge is 2.65. The van der Waals surface area contributed by atoms with Gasteiger partial charge in [0.05, 0.1) is 44.7 Å². The molecule has 0 spiro atoms. The number of rotatable bonds is 29. The molecule has 0 saturated heterocycles. The summed E-state index contributed by atoms with van der Waals surface area (Å²) in [4.78, 5) is 21.6. The Balaban J connectivity index is 1.74. The molecule has 1 aromatic rings. The highest BCUT2D eigenvalue weighted by molar-refractivity contribution is 6.02. The van der Waals surface area contributed by atoms with Crippen molar-refractivity contribution < 1.29 is 49.0 Å². The van der Waals surface area contributed by atoms with Crippen LogP contribution in [0.3, 0.4) is 0 Å². The summed E-state index contributed by atoms with van der Waals surface area (Å²) in [5, 5.41) is 44.5. The van der Waals surface area contributed by atoms with Gasteiger partial charge in [-0.15, -0.1) is 6.58 Å². The Morgan fingerprint density at radius 1 is 0.930 bits per heavy atom. The largest absolute Gasteiger partial charge is 0.508 e. The summed E-state index contributed by atoms with van der Waals surface area (Å²) >= 11 is 0. The van der Waals surface area contributed by atoms with E-state index >= 15 is 0 Å². The van der Waals surface area contributed by atoms with E-state index in [2.05, 4.69) is 24.7 Å². The van der Waals surface area contributed by atoms with Crippen LogP contribution in [0.25, 0.3) is 0 Å². The molecular weight excluding hydrogens is 728 g/mol. The van der Waals surface area contributed by atoms with E-state index in [0.717, 1.165) is 56.1 Å². The number of nitrogens with zero attached hydrogens (tertiary/aromatic N) is 2. The topological polar surface area (TPSA) is 160 Å². The van der Waals surface area contributed by atoms with E-state index in [4.69, 9.17) is 23.8 Å². The van der Waals surface area contributed by atoms with Crippen LogP contribution < -0.4 is 4.74 Å². The summed E-state index contributed by atoms with van der Waals surface area (Å²) in [6, 6.07) is 4.41. The molecule has 322 valence electrons. The second-order valence-corrected chi connectivity index (χ2v) is 15.8. The van der Waals surface area contributed by atoms with E-state index < -0.39 is 23.8 Å². The molecule has 3 aliphatic rings. The number of hydrogen-bond donors (Lipinski definition) is 4. The van der Waals surface area contributed by atoms with E-state index in [1.54, 1.807) is 29.2 Å². The number of ether oxygens (including phenoxy) is 4. The number of carbonyl (C=O) groups is 1. The molecule has 1 aromatic carbocycles. The van der Waals surface area contributed by atoms with E-state index in [1.807, 2.05) is 0 Å². The van der Waals surface area contributed by atoms with Crippen molar-refractivity contribution in [2.45, 2.75) is 134 Å². The van der Waals surface area contributed by atoms with Crippen LogP contribution in [0.15, 0.2) is 47.7 Å². The molecule has 1 saturated carbocycles. The fraction of sp³-hybridized carbons (Fsp3) is 0.733. The molecule has 1 fully saturated rings. The van der Waals surface area contributed by atoms with Crippen molar-refractivity contribution in [1.29, 1.82) is 0 Å². The van der Waals surface area contributed by atoms with Crippen molar-refractivity contribution in [3.05, 3.63) is 48.1 Å². The van der Waals surface area contributed by atoms with Crippen LogP contribution in [-0.2, 0) is 19.0 Å². The first-order valence-electron chi connectivity index (χ1n) is 21.8. The third kappa shape index (κ3) is 12.7. The summed E-state index contributed by atoms with van der Waals surface area (Å²) in [6.07, 6.45) is 19.9. The number of unbranched alkanes of at least 4 members (excludes halogenated alkanes) is 11. The number of phenolic OH excluding ortho intramolecular Hbond substituents is 1. The maximum atomic E-state index is 14.4. The average molecular weight is 801 g/mol. The summed E-state index contributed by atoms with van der Waals surface area (Å²) in [5.41, 5.74) is 2.44. The van der Waals surface area contributed by atoms with E-state index in [9.17, 15) is 25.2 Å². The first kappa shape index (κ1) is 46.5. The SMILES string of the molecule is C=CCOC12Oc3ccc(O)cc3C3C(CCCCO)C(CCCCO)C=C(C(=NOC)CC1N(CCOCCO)C(=O)OCCCCCCCCCCCC)C32. The van der Waals surface area contributed by atoms with Crippen LogP contribution in [0, 0.1) is 17.8 Å². The van der Waals surface area contributed by atoms with Crippen molar-refractivity contribution in [3.63, 3.8) is 0 Å². The molecule has 0 bridgehead atoms. The highest BCUT2D eigenvalue weighted by atomic mass is 16.7. The van der Waals surface area contributed by atoms with E-state index in [0.29, 0.717) is 24.3 Å². The standard InChI is InChI=1S/C45H72N2O10/c1-4-6-7-8-9-10-11-12-13-18-28-55-44(52)47(23-29-54-30-26-50)41-33-39(46-53-3)37-31-34(19-14-16-24-48)36(20-15-17-25-49)42-38-32-35(51)21-22-40(38)57-45(41,43(37)42)56-27-5-2/h5,21-22,31-32,34,36,41-43,48-51H,2,4,6-20,23-30,33H2,1,3H3. The number of allylic oxidation sites excluding steroid dienone is 1. The van der Waals surface area contributed by atoms with Crippen molar-refractivity contribution in [3.8, 4) is 11.5 Å². The molecule has 2 aliphatic carbocycles. The zero-order valence-corrected chi connectivity index (χ0v) is 34.8. The third-order valence-electron chi connectivity index (χ3n) is 11.9. The van der Waals surface area contributed by atoms with E-state index in [-0.39, 0.29) is 82.7 Å². The van der Waals surface area contributed by atoms with Gasteiger partial charge in [0.25, 0.3) is 0 Å². The Hall–Kier alpha value is -3.16. The number of aliphatic hydroxyl groups excluding tert-OH is 3. The summed E-state index contributed by atoms with van der Waals surface area (Å²) in [5.74, 6) is -1.33. The normalized spacial score (nSPS) is 24.3. The number of oxime groups is 1. The van der Waals surface area contributed by atoms with Crippen LogP contribution in [0.5, 0.6) is 11.5 Å². The van der Waals surface area contributed by atoms with Crippen LogP contribution in [0.4, 0.5) is 4.79 Å². The van der Waals surface area contributed by atoms with Crippen LogP contribution in [0.1, 0.15) is 128 Å². The average Bonchev–Trinajstić information content (AvgIpc) is 3.21. The van der Waals surface area contributed by atoms with E-state index in [1.165, 1.54) is 52.1 Å². The highest BCUT2D eigenvalue weighted by Crippen LogP contribution is 2.61. The predicted molar refractivity (Wildman–Crippen MR) is 221 cm³/mol. The maximum absolute atomic E-state index is 14.4. The van der Waals surface area contributed by atoms with Crippen molar-refractivity contribution in [2.75, 3.05) is 59.9 Å². The first-order chi connectivity index (χ1) is 27.9. The fourth-order valence-electron chi connectivity index (χ4n) is 9.30. The lowest BCUT2D eigenvalue weighted by atomic mass is 9.55. The molecule has 4 N–H and O–H groups in total. The van der Waals surface area contributed by atoms with Gasteiger partial charge in [-0.05, 0) is 67.7 Å². The molecule has 1 heterocycles. The van der Waals surface area contributed by atoms with Gasteiger partial charge in [-0.2, -0.15) is 0 Å². The molecule has 4 rings (SSSR count).